The van der Waals surface area contributed by atoms with E-state index in [0.717, 1.165) is 16.7 Å². The van der Waals surface area contributed by atoms with E-state index in [1.165, 1.54) is 21.8 Å². The summed E-state index contributed by atoms with van der Waals surface area (Å²) < 4.78 is 18.6. The second-order valence-corrected chi connectivity index (χ2v) is 6.70. The predicted molar refractivity (Wildman–Crippen MR) is 115 cm³/mol. The van der Waals surface area contributed by atoms with Crippen LogP contribution in [-0.2, 0) is 7.05 Å². The molecule has 0 spiro atoms. The molecule has 0 amide bonds. The Morgan fingerprint density at radius 3 is 2.04 bits per heavy atom. The summed E-state index contributed by atoms with van der Waals surface area (Å²) in [5.41, 5.74) is 5.29. The van der Waals surface area contributed by atoms with E-state index in [9.17, 15) is 0 Å². The van der Waals surface area contributed by atoms with Crippen LogP contribution in [0.1, 0.15) is 11.1 Å². The van der Waals surface area contributed by atoms with Gasteiger partial charge in [0.25, 0.3) is 0 Å². The molecule has 3 aromatic carbocycles. The van der Waals surface area contributed by atoms with E-state index in [-0.39, 0.29) is 0 Å². The van der Waals surface area contributed by atoms with Crippen molar-refractivity contribution in [2.75, 3.05) is 21.3 Å². The molecule has 0 N–H and O–H groups in total. The highest BCUT2D eigenvalue weighted by Crippen LogP contribution is 2.41. The fourth-order valence-electron chi connectivity index (χ4n) is 3.78. The van der Waals surface area contributed by atoms with Gasteiger partial charge >= 0.3 is 0 Å². The van der Waals surface area contributed by atoms with Crippen molar-refractivity contribution in [1.29, 1.82) is 0 Å². The first-order valence-electron chi connectivity index (χ1n) is 9.06. The lowest BCUT2D eigenvalue weighted by atomic mass is 9.97. The highest BCUT2D eigenvalue weighted by molar-refractivity contribution is 6.09. The fraction of sp³-hybridized carbons (Fsp3) is 0.167. The molecule has 0 aliphatic carbocycles. The highest BCUT2D eigenvalue weighted by Gasteiger charge is 2.16. The molecule has 0 aliphatic rings. The summed E-state index contributed by atoms with van der Waals surface area (Å²) in [6.45, 7) is 4.34. The van der Waals surface area contributed by atoms with Gasteiger partial charge in [-0.05, 0) is 47.0 Å². The van der Waals surface area contributed by atoms with Gasteiger partial charge in [-0.15, -0.1) is 0 Å². The third kappa shape index (κ3) is 2.69. The van der Waals surface area contributed by atoms with E-state index in [1.807, 2.05) is 12.1 Å². The smallest absolute Gasteiger partial charge is 0.203 e. The summed E-state index contributed by atoms with van der Waals surface area (Å²) >= 11 is 0. The van der Waals surface area contributed by atoms with Crippen LogP contribution in [0.15, 0.2) is 61.2 Å². The molecule has 0 unspecified atom stereocenters. The highest BCUT2D eigenvalue weighted by atomic mass is 16.5. The molecule has 1 aromatic heterocycles. The molecule has 1 heterocycles. The summed E-state index contributed by atoms with van der Waals surface area (Å²) in [5.74, 6) is 1.81. The molecule has 0 atom stereocenters. The number of aromatic nitrogens is 1. The maximum absolute atomic E-state index is 5.49. The zero-order valence-corrected chi connectivity index (χ0v) is 16.6. The molecule has 4 rings (SSSR count). The van der Waals surface area contributed by atoms with E-state index in [0.29, 0.717) is 17.2 Å². The number of aryl methyl sites for hydroxylation is 1. The first-order valence-corrected chi connectivity index (χ1v) is 9.06. The van der Waals surface area contributed by atoms with Gasteiger partial charge in [-0.25, -0.2) is 0 Å². The number of rotatable bonds is 5. The number of ether oxygens (including phenoxy) is 3. The van der Waals surface area contributed by atoms with Crippen molar-refractivity contribution >= 4 is 27.4 Å². The first kappa shape index (κ1) is 18.0. The zero-order chi connectivity index (χ0) is 19.8. The van der Waals surface area contributed by atoms with Crippen molar-refractivity contribution < 1.29 is 14.2 Å². The van der Waals surface area contributed by atoms with Crippen LogP contribution in [0.25, 0.3) is 27.4 Å². The summed E-state index contributed by atoms with van der Waals surface area (Å²) in [4.78, 5) is 0. The van der Waals surface area contributed by atoms with E-state index >= 15 is 0 Å². The van der Waals surface area contributed by atoms with E-state index < -0.39 is 0 Å². The van der Waals surface area contributed by atoms with Gasteiger partial charge in [0, 0.05) is 28.9 Å². The third-order valence-corrected chi connectivity index (χ3v) is 5.28. The maximum atomic E-state index is 5.49. The molecule has 0 saturated heterocycles. The van der Waals surface area contributed by atoms with Gasteiger partial charge in [0.05, 0.1) is 21.3 Å². The standard InChI is InChI=1S/C24H23NO3/c1-15(17-13-22(26-3)24(28-5)23(14-17)27-4)16-10-11-21-19(12-16)18-8-6-7-9-20(18)25(21)2/h6-14H,1H2,2-5H3. The number of methoxy groups -OCH3 is 3. The average molecular weight is 373 g/mol. The Kier molecular flexibility index (Phi) is 4.47. The van der Waals surface area contributed by atoms with Crippen LogP contribution in [0.5, 0.6) is 17.2 Å². The normalized spacial score (nSPS) is 11.0. The van der Waals surface area contributed by atoms with E-state index in [4.69, 9.17) is 14.2 Å². The summed E-state index contributed by atoms with van der Waals surface area (Å²) in [6.07, 6.45) is 0. The quantitative estimate of drug-likeness (QED) is 0.468. The molecular weight excluding hydrogens is 350 g/mol. The van der Waals surface area contributed by atoms with Crippen molar-refractivity contribution in [1.82, 2.24) is 4.57 Å². The summed E-state index contributed by atoms with van der Waals surface area (Å²) in [5, 5.41) is 2.45. The van der Waals surface area contributed by atoms with Crippen molar-refractivity contribution in [2.24, 2.45) is 7.05 Å². The molecule has 4 heteroatoms. The Morgan fingerprint density at radius 2 is 1.39 bits per heavy atom. The van der Waals surface area contributed by atoms with Crippen molar-refractivity contribution in [3.63, 3.8) is 0 Å². The van der Waals surface area contributed by atoms with Crippen molar-refractivity contribution in [3.05, 3.63) is 72.3 Å². The molecule has 0 aliphatic heterocycles. The van der Waals surface area contributed by atoms with Crippen LogP contribution in [0, 0.1) is 0 Å². The Hall–Kier alpha value is -3.40. The van der Waals surface area contributed by atoms with Gasteiger partial charge in [-0.3, -0.25) is 0 Å². The van der Waals surface area contributed by atoms with Crippen LogP contribution in [0.4, 0.5) is 0 Å². The van der Waals surface area contributed by atoms with Crippen LogP contribution >= 0.6 is 0 Å². The number of hydrogen-bond donors (Lipinski definition) is 0. The number of nitrogens with zero attached hydrogens (tertiary/aromatic N) is 1. The van der Waals surface area contributed by atoms with Gasteiger partial charge in [0.1, 0.15) is 0 Å². The van der Waals surface area contributed by atoms with E-state index in [1.54, 1.807) is 21.3 Å². The molecule has 142 valence electrons. The minimum Gasteiger partial charge on any atom is -0.493 e. The first-order chi connectivity index (χ1) is 13.6. The second-order valence-electron chi connectivity index (χ2n) is 6.70. The molecule has 4 aromatic rings. The summed E-state index contributed by atoms with van der Waals surface area (Å²) in [7, 11) is 6.93. The van der Waals surface area contributed by atoms with Gasteiger partial charge in [-0.1, -0.05) is 30.8 Å². The Labute approximate surface area is 164 Å². The third-order valence-electron chi connectivity index (χ3n) is 5.28. The molecule has 0 fully saturated rings. The van der Waals surface area contributed by atoms with Crippen LogP contribution in [0.3, 0.4) is 0 Å². The maximum Gasteiger partial charge on any atom is 0.203 e. The Morgan fingerprint density at radius 1 is 0.750 bits per heavy atom. The van der Waals surface area contributed by atoms with Crippen molar-refractivity contribution in [2.45, 2.75) is 0 Å². The minimum absolute atomic E-state index is 0.575. The number of para-hydroxylation sites is 1. The predicted octanol–water partition coefficient (Wildman–Crippen LogP) is 5.42. The minimum atomic E-state index is 0.575. The number of fused-ring (bicyclic) bond motifs is 3. The molecule has 4 nitrogen and oxygen atoms in total. The number of hydrogen-bond acceptors (Lipinski definition) is 3. The van der Waals surface area contributed by atoms with Crippen LogP contribution in [0.2, 0.25) is 0 Å². The van der Waals surface area contributed by atoms with Gasteiger partial charge in [0.15, 0.2) is 11.5 Å². The second kappa shape index (κ2) is 6.97. The zero-order valence-electron chi connectivity index (χ0n) is 16.6. The molecule has 0 radical (unpaired) electrons. The molecule has 0 bridgehead atoms. The van der Waals surface area contributed by atoms with Crippen LogP contribution < -0.4 is 14.2 Å². The molecule has 0 saturated carbocycles. The van der Waals surface area contributed by atoms with Crippen LogP contribution in [-0.4, -0.2) is 25.9 Å². The summed E-state index contributed by atoms with van der Waals surface area (Å²) in [6, 6.07) is 18.7. The average Bonchev–Trinajstić information content (AvgIpc) is 3.04. The van der Waals surface area contributed by atoms with E-state index in [2.05, 4.69) is 60.7 Å². The fourth-order valence-corrected chi connectivity index (χ4v) is 3.78. The lowest BCUT2D eigenvalue weighted by Gasteiger charge is -2.15. The lowest BCUT2D eigenvalue weighted by molar-refractivity contribution is 0.324. The Balaban J connectivity index is 1.86. The Bertz CT molecular complexity index is 1180. The molecular formula is C24H23NO3. The van der Waals surface area contributed by atoms with Gasteiger partial charge in [0.2, 0.25) is 5.75 Å². The molecule has 28 heavy (non-hydrogen) atoms. The van der Waals surface area contributed by atoms with Crippen molar-refractivity contribution in [3.8, 4) is 17.2 Å². The largest absolute Gasteiger partial charge is 0.493 e. The van der Waals surface area contributed by atoms with Gasteiger partial charge < -0.3 is 18.8 Å². The SMILES string of the molecule is C=C(c1cc(OC)c(OC)c(OC)c1)c1ccc2c(c1)c1ccccc1n2C. The number of benzene rings is 3. The topological polar surface area (TPSA) is 32.6 Å². The monoisotopic (exact) mass is 373 g/mol. The lowest BCUT2D eigenvalue weighted by Crippen LogP contribution is -1.97. The van der Waals surface area contributed by atoms with Gasteiger partial charge in [-0.2, -0.15) is 0 Å².